The molecule has 4 rings (SSSR count). The van der Waals surface area contributed by atoms with Gasteiger partial charge in [0.25, 0.3) is 0 Å². The van der Waals surface area contributed by atoms with Crippen molar-refractivity contribution in [3.8, 4) is 5.75 Å². The SMILES string of the molecule is CN1CCC(c2c(O)cc(N=O)c3c(=O)cc(Sc4ccccc4Cl)oc23)C(O)C1. The summed E-state index contributed by atoms with van der Waals surface area (Å²) in [4.78, 5) is 26.9. The lowest BCUT2D eigenvalue weighted by Gasteiger charge is -2.34. The molecule has 3 aromatic rings. The van der Waals surface area contributed by atoms with Crippen LogP contribution in [0, 0.1) is 4.91 Å². The van der Waals surface area contributed by atoms with Crippen LogP contribution in [0.4, 0.5) is 5.69 Å². The molecule has 1 aromatic heterocycles. The first-order valence-electron chi connectivity index (χ1n) is 9.35. The molecule has 0 saturated carbocycles. The van der Waals surface area contributed by atoms with Gasteiger partial charge < -0.3 is 19.5 Å². The summed E-state index contributed by atoms with van der Waals surface area (Å²) in [6.07, 6.45) is -0.210. The highest BCUT2D eigenvalue weighted by atomic mass is 35.5. The second-order valence-electron chi connectivity index (χ2n) is 7.31. The fraction of sp³-hybridized carbons (Fsp3) is 0.286. The summed E-state index contributed by atoms with van der Waals surface area (Å²) < 4.78 is 6.01. The minimum atomic E-state index is -0.766. The lowest BCUT2D eigenvalue weighted by Crippen LogP contribution is -2.40. The minimum Gasteiger partial charge on any atom is -0.507 e. The summed E-state index contributed by atoms with van der Waals surface area (Å²) in [6, 6.07) is 9.56. The molecule has 1 fully saturated rings. The maximum Gasteiger partial charge on any atom is 0.196 e. The molecule has 2 unspecified atom stereocenters. The van der Waals surface area contributed by atoms with E-state index < -0.39 is 17.5 Å². The Morgan fingerprint density at radius 2 is 2.07 bits per heavy atom. The molecule has 1 aliphatic rings. The van der Waals surface area contributed by atoms with Crippen LogP contribution >= 0.6 is 23.4 Å². The summed E-state index contributed by atoms with van der Waals surface area (Å²) in [6.45, 7) is 1.12. The van der Waals surface area contributed by atoms with Gasteiger partial charge in [-0.25, -0.2) is 0 Å². The first-order chi connectivity index (χ1) is 14.4. The van der Waals surface area contributed by atoms with Crippen LogP contribution in [0.1, 0.15) is 17.9 Å². The summed E-state index contributed by atoms with van der Waals surface area (Å²) >= 11 is 7.38. The Labute approximate surface area is 181 Å². The number of piperidine rings is 1. The Bertz CT molecular complexity index is 1180. The number of hydrogen-bond donors (Lipinski definition) is 2. The Morgan fingerprint density at radius 1 is 1.30 bits per heavy atom. The van der Waals surface area contributed by atoms with E-state index in [1.807, 2.05) is 18.0 Å². The number of fused-ring (bicyclic) bond motifs is 1. The number of aromatic hydroxyl groups is 1. The van der Waals surface area contributed by atoms with Crippen molar-refractivity contribution in [2.24, 2.45) is 5.18 Å². The lowest BCUT2D eigenvalue weighted by molar-refractivity contribution is 0.0630. The normalized spacial score (nSPS) is 19.8. The van der Waals surface area contributed by atoms with Crippen molar-refractivity contribution in [1.29, 1.82) is 0 Å². The van der Waals surface area contributed by atoms with Gasteiger partial charge >= 0.3 is 0 Å². The van der Waals surface area contributed by atoms with E-state index in [9.17, 15) is 19.9 Å². The molecule has 0 radical (unpaired) electrons. The monoisotopic (exact) mass is 446 g/mol. The van der Waals surface area contributed by atoms with Gasteiger partial charge in [0, 0.05) is 35.1 Å². The number of halogens is 1. The molecule has 0 bridgehead atoms. The minimum absolute atomic E-state index is 0.00700. The van der Waals surface area contributed by atoms with Crippen LogP contribution in [0.15, 0.2) is 60.8 Å². The number of aliphatic hydroxyl groups excluding tert-OH is 1. The summed E-state index contributed by atoms with van der Waals surface area (Å²) in [5, 5.41) is 24.9. The largest absolute Gasteiger partial charge is 0.507 e. The first kappa shape index (κ1) is 20.9. The topological polar surface area (TPSA) is 103 Å². The van der Waals surface area contributed by atoms with Crippen molar-refractivity contribution in [1.82, 2.24) is 4.90 Å². The maximum atomic E-state index is 12.9. The molecule has 30 heavy (non-hydrogen) atoms. The van der Waals surface area contributed by atoms with Gasteiger partial charge in [0.15, 0.2) is 10.5 Å². The van der Waals surface area contributed by atoms with Gasteiger partial charge in [0.2, 0.25) is 0 Å². The number of aliphatic hydroxyl groups is 1. The highest BCUT2D eigenvalue weighted by Crippen LogP contribution is 2.43. The molecule has 2 aromatic carbocycles. The highest BCUT2D eigenvalue weighted by Gasteiger charge is 2.33. The fourth-order valence-corrected chi connectivity index (χ4v) is 4.91. The number of likely N-dealkylation sites (N-methyl/N-ethyl adjacent to an activating group) is 1. The summed E-state index contributed by atoms with van der Waals surface area (Å²) in [5.41, 5.74) is -0.266. The lowest BCUT2D eigenvalue weighted by atomic mass is 9.85. The Morgan fingerprint density at radius 3 is 2.77 bits per heavy atom. The highest BCUT2D eigenvalue weighted by molar-refractivity contribution is 7.99. The van der Waals surface area contributed by atoms with E-state index in [1.165, 1.54) is 6.07 Å². The Kier molecular flexibility index (Phi) is 5.84. The van der Waals surface area contributed by atoms with Gasteiger partial charge in [0.1, 0.15) is 17.0 Å². The molecule has 1 aliphatic heterocycles. The van der Waals surface area contributed by atoms with Crippen molar-refractivity contribution < 1.29 is 14.6 Å². The number of phenols is 1. The average molecular weight is 447 g/mol. The quantitative estimate of drug-likeness (QED) is 0.569. The van der Waals surface area contributed by atoms with Crippen LogP contribution in [0.5, 0.6) is 5.75 Å². The van der Waals surface area contributed by atoms with E-state index in [2.05, 4.69) is 5.18 Å². The third-order valence-electron chi connectivity index (χ3n) is 5.28. The molecule has 0 spiro atoms. The average Bonchev–Trinajstić information content (AvgIpc) is 2.70. The predicted octanol–water partition coefficient (Wildman–Crippen LogP) is 4.48. The van der Waals surface area contributed by atoms with Crippen LogP contribution in [0.2, 0.25) is 5.02 Å². The molecule has 0 aliphatic carbocycles. The van der Waals surface area contributed by atoms with Crippen LogP contribution in [0.3, 0.4) is 0 Å². The van der Waals surface area contributed by atoms with E-state index in [1.54, 1.807) is 18.2 Å². The molecular formula is C21H19ClN2O5S. The number of likely N-dealkylation sites (tertiary alicyclic amines) is 1. The zero-order valence-electron chi connectivity index (χ0n) is 16.0. The number of phenolic OH excluding ortho intramolecular Hbond substituents is 1. The predicted molar refractivity (Wildman–Crippen MR) is 116 cm³/mol. The van der Waals surface area contributed by atoms with Crippen molar-refractivity contribution in [2.75, 3.05) is 20.1 Å². The molecule has 7 nitrogen and oxygen atoms in total. The van der Waals surface area contributed by atoms with E-state index in [4.69, 9.17) is 16.0 Å². The van der Waals surface area contributed by atoms with Crippen LogP contribution in [-0.4, -0.2) is 41.4 Å². The van der Waals surface area contributed by atoms with Gasteiger partial charge in [-0.15, -0.1) is 4.91 Å². The second-order valence-corrected chi connectivity index (χ2v) is 8.76. The molecule has 0 amide bonds. The van der Waals surface area contributed by atoms with Crippen molar-refractivity contribution in [2.45, 2.75) is 28.4 Å². The van der Waals surface area contributed by atoms with Crippen LogP contribution < -0.4 is 5.43 Å². The van der Waals surface area contributed by atoms with E-state index in [-0.39, 0.29) is 27.5 Å². The number of nitrogens with zero attached hydrogens (tertiary/aromatic N) is 2. The maximum absolute atomic E-state index is 12.9. The number of β-amino-alcohol motifs (C(OH)–C–C–N with tert-alkyl or cyclic N) is 1. The second kappa shape index (κ2) is 8.39. The van der Waals surface area contributed by atoms with Gasteiger partial charge in [-0.05, 0) is 37.3 Å². The van der Waals surface area contributed by atoms with Crippen LogP contribution in [-0.2, 0) is 0 Å². The Hall–Kier alpha value is -2.39. The van der Waals surface area contributed by atoms with Crippen LogP contribution in [0.25, 0.3) is 11.0 Å². The van der Waals surface area contributed by atoms with E-state index in [0.29, 0.717) is 35.0 Å². The molecule has 2 atom stereocenters. The third-order valence-corrected chi connectivity index (χ3v) is 6.70. The van der Waals surface area contributed by atoms with Crippen molar-refractivity contribution >= 4 is 40.0 Å². The smallest absolute Gasteiger partial charge is 0.196 e. The molecule has 9 heteroatoms. The van der Waals surface area contributed by atoms with Gasteiger partial charge in [-0.1, -0.05) is 35.5 Å². The molecule has 1 saturated heterocycles. The summed E-state index contributed by atoms with van der Waals surface area (Å²) in [7, 11) is 1.90. The van der Waals surface area contributed by atoms with E-state index in [0.717, 1.165) is 17.8 Å². The van der Waals surface area contributed by atoms with Gasteiger partial charge in [0.05, 0.1) is 16.5 Å². The van der Waals surface area contributed by atoms with Gasteiger partial charge in [-0.2, -0.15) is 0 Å². The molecule has 2 N–H and O–H groups in total. The zero-order valence-corrected chi connectivity index (χ0v) is 17.6. The van der Waals surface area contributed by atoms with E-state index >= 15 is 0 Å². The van der Waals surface area contributed by atoms with Crippen molar-refractivity contribution in [3.05, 3.63) is 62.1 Å². The first-order valence-corrected chi connectivity index (χ1v) is 10.5. The molecule has 156 valence electrons. The fourth-order valence-electron chi connectivity index (χ4n) is 3.84. The Balaban J connectivity index is 1.91. The molecule has 2 heterocycles. The number of nitroso groups, excluding NO2 is 1. The standard InChI is InChI=1S/C21H19ClN2O5S/c1-24-7-6-11(16(27)10-24)19-14(25)8-13(23-28)20-15(26)9-18(29-21(19)20)30-17-5-3-2-4-12(17)22/h2-5,8-9,11,16,25,27H,6-7,10H2,1H3. The zero-order chi connectivity index (χ0) is 21.4. The molecular weight excluding hydrogens is 428 g/mol. The van der Waals surface area contributed by atoms with Gasteiger partial charge in [-0.3, -0.25) is 4.79 Å². The number of benzene rings is 2. The summed E-state index contributed by atoms with van der Waals surface area (Å²) in [5.74, 6) is -0.679. The number of hydrogen-bond acceptors (Lipinski definition) is 8. The number of rotatable bonds is 4. The third kappa shape index (κ3) is 3.83. The van der Waals surface area contributed by atoms with Crippen molar-refractivity contribution in [3.63, 3.8) is 0 Å².